The van der Waals surface area contributed by atoms with Crippen LogP contribution in [0.3, 0.4) is 0 Å². The lowest BCUT2D eigenvalue weighted by Crippen LogP contribution is -2.36. The molecule has 0 spiro atoms. The van der Waals surface area contributed by atoms with Crippen molar-refractivity contribution in [2.75, 3.05) is 0 Å². The van der Waals surface area contributed by atoms with Crippen molar-refractivity contribution in [2.24, 2.45) is 0 Å². The summed E-state index contributed by atoms with van der Waals surface area (Å²) in [5, 5.41) is 1.76. The quantitative estimate of drug-likeness (QED) is 0.679. The van der Waals surface area contributed by atoms with E-state index in [-0.39, 0.29) is 16.2 Å². The van der Waals surface area contributed by atoms with E-state index in [0.717, 1.165) is 9.54 Å². The molecule has 5 nitrogen and oxygen atoms in total. The van der Waals surface area contributed by atoms with Crippen molar-refractivity contribution in [3.8, 4) is 11.3 Å². The number of nitrogens with zero attached hydrogens (tertiary/aromatic N) is 1. The molecule has 0 atom stereocenters. The highest BCUT2D eigenvalue weighted by molar-refractivity contribution is 7.90. The second kappa shape index (κ2) is 7.75. The van der Waals surface area contributed by atoms with Gasteiger partial charge in [-0.05, 0) is 36.2 Å². The van der Waals surface area contributed by atoms with Crippen molar-refractivity contribution in [3.05, 3.63) is 78.0 Å². The first-order valence-electron chi connectivity index (χ1n) is 8.53. The van der Waals surface area contributed by atoms with Crippen molar-refractivity contribution < 1.29 is 26.4 Å². The van der Waals surface area contributed by atoms with Gasteiger partial charge < -0.3 is 5.32 Å². The lowest BCUT2D eigenvalue weighted by Gasteiger charge is -2.11. The van der Waals surface area contributed by atoms with Crippen molar-refractivity contribution in [2.45, 2.75) is 24.5 Å². The third-order valence-electron chi connectivity index (χ3n) is 4.20. The molecule has 0 aliphatic carbocycles. The Bertz CT molecular complexity index is 1120. The van der Waals surface area contributed by atoms with Gasteiger partial charge in [0.15, 0.2) is 0 Å². The molecular formula is C20H17F3N2O3S. The standard InChI is InChI=1S/C20H17F3N2O3S/c1-14-7-9-17(10-8-14)29(27,28)25-13-15(12-24-19(26)20(21,22)23)11-18(25)16-5-3-2-4-6-16/h2-11,13H,12H2,1H3,(H,24,26). The molecule has 1 aromatic heterocycles. The monoisotopic (exact) mass is 422 g/mol. The molecule has 0 fully saturated rings. The Morgan fingerprint density at radius 3 is 2.24 bits per heavy atom. The Kier molecular flexibility index (Phi) is 5.52. The molecule has 0 aliphatic heterocycles. The summed E-state index contributed by atoms with van der Waals surface area (Å²) in [6, 6.07) is 16.3. The summed E-state index contributed by atoms with van der Waals surface area (Å²) in [6.07, 6.45) is -3.80. The molecule has 0 unspecified atom stereocenters. The van der Waals surface area contributed by atoms with Crippen LogP contribution in [-0.2, 0) is 21.4 Å². The Labute approximate surface area is 165 Å². The second-order valence-electron chi connectivity index (χ2n) is 6.39. The third kappa shape index (κ3) is 4.51. The number of carbonyl (C=O) groups is 1. The zero-order chi connectivity index (χ0) is 21.2. The number of halogens is 3. The maximum atomic E-state index is 13.1. The van der Waals surface area contributed by atoms with Crippen LogP contribution in [-0.4, -0.2) is 24.5 Å². The third-order valence-corrected chi connectivity index (χ3v) is 5.89. The summed E-state index contributed by atoms with van der Waals surface area (Å²) in [7, 11) is -4.00. The van der Waals surface area contributed by atoms with Crippen molar-refractivity contribution in [1.29, 1.82) is 0 Å². The first-order valence-corrected chi connectivity index (χ1v) is 9.97. The number of hydrogen-bond donors (Lipinski definition) is 1. The van der Waals surface area contributed by atoms with Crippen LogP contribution in [0.15, 0.2) is 71.8 Å². The van der Waals surface area contributed by atoms with Gasteiger partial charge in [-0.3, -0.25) is 4.79 Å². The van der Waals surface area contributed by atoms with Crippen LogP contribution in [0.1, 0.15) is 11.1 Å². The van der Waals surface area contributed by atoms with Crippen LogP contribution in [0, 0.1) is 6.92 Å². The maximum Gasteiger partial charge on any atom is 0.471 e. The van der Waals surface area contributed by atoms with Crippen LogP contribution in [0.5, 0.6) is 0 Å². The fourth-order valence-corrected chi connectivity index (χ4v) is 4.12. The number of benzene rings is 2. The summed E-state index contributed by atoms with van der Waals surface area (Å²) in [5.74, 6) is -2.09. The van der Waals surface area contributed by atoms with E-state index in [4.69, 9.17) is 0 Å². The maximum absolute atomic E-state index is 13.1. The molecule has 0 saturated heterocycles. The van der Waals surface area contributed by atoms with E-state index in [2.05, 4.69) is 0 Å². The molecule has 3 rings (SSSR count). The van der Waals surface area contributed by atoms with Crippen LogP contribution in [0.25, 0.3) is 11.3 Å². The first kappa shape index (κ1) is 20.7. The van der Waals surface area contributed by atoms with Gasteiger partial charge in [0.2, 0.25) is 0 Å². The van der Waals surface area contributed by atoms with Crippen LogP contribution >= 0.6 is 0 Å². The largest absolute Gasteiger partial charge is 0.471 e. The van der Waals surface area contributed by atoms with E-state index in [9.17, 15) is 26.4 Å². The van der Waals surface area contributed by atoms with Crippen LogP contribution in [0.2, 0.25) is 0 Å². The van der Waals surface area contributed by atoms with Crippen molar-refractivity contribution in [3.63, 3.8) is 0 Å². The van der Waals surface area contributed by atoms with Crippen LogP contribution < -0.4 is 5.32 Å². The highest BCUT2D eigenvalue weighted by Crippen LogP contribution is 2.27. The molecule has 1 N–H and O–H groups in total. The fourth-order valence-electron chi connectivity index (χ4n) is 2.72. The molecule has 0 bridgehead atoms. The number of nitrogens with one attached hydrogen (secondary N) is 1. The number of rotatable bonds is 5. The Morgan fingerprint density at radius 1 is 1.03 bits per heavy atom. The number of carbonyl (C=O) groups excluding carboxylic acids is 1. The van der Waals surface area contributed by atoms with E-state index in [0.29, 0.717) is 5.56 Å². The van der Waals surface area contributed by atoms with Gasteiger partial charge in [-0.1, -0.05) is 48.0 Å². The van der Waals surface area contributed by atoms with Gasteiger partial charge in [0.05, 0.1) is 10.6 Å². The van der Waals surface area contributed by atoms with Gasteiger partial charge in [-0.25, -0.2) is 12.4 Å². The van der Waals surface area contributed by atoms with Gasteiger partial charge >= 0.3 is 12.1 Å². The smallest absolute Gasteiger partial charge is 0.344 e. The molecule has 1 amide bonds. The molecule has 9 heteroatoms. The molecule has 3 aromatic rings. The highest BCUT2D eigenvalue weighted by atomic mass is 32.2. The van der Waals surface area contributed by atoms with Gasteiger partial charge in [0.1, 0.15) is 0 Å². The Hall–Kier alpha value is -3.07. The van der Waals surface area contributed by atoms with E-state index in [1.54, 1.807) is 47.8 Å². The highest BCUT2D eigenvalue weighted by Gasteiger charge is 2.38. The summed E-state index contributed by atoms with van der Waals surface area (Å²) in [6.45, 7) is 1.36. The summed E-state index contributed by atoms with van der Waals surface area (Å²) < 4.78 is 64.6. The van der Waals surface area contributed by atoms with E-state index in [1.807, 2.05) is 6.92 Å². The van der Waals surface area contributed by atoms with Crippen molar-refractivity contribution in [1.82, 2.24) is 9.29 Å². The topological polar surface area (TPSA) is 68.2 Å². The number of aromatic nitrogens is 1. The van der Waals surface area contributed by atoms with Gasteiger partial charge in [-0.2, -0.15) is 13.2 Å². The zero-order valence-corrected chi connectivity index (χ0v) is 16.1. The fraction of sp³-hybridized carbons (Fsp3) is 0.150. The Morgan fingerprint density at radius 2 is 1.66 bits per heavy atom. The molecule has 1 heterocycles. The minimum Gasteiger partial charge on any atom is -0.344 e. The molecule has 152 valence electrons. The lowest BCUT2D eigenvalue weighted by atomic mass is 10.1. The van der Waals surface area contributed by atoms with Gasteiger partial charge in [-0.15, -0.1) is 0 Å². The van der Waals surface area contributed by atoms with Crippen LogP contribution in [0.4, 0.5) is 13.2 Å². The Balaban J connectivity index is 2.04. The molecular weight excluding hydrogens is 405 g/mol. The first-order chi connectivity index (χ1) is 13.6. The zero-order valence-electron chi connectivity index (χ0n) is 15.3. The lowest BCUT2D eigenvalue weighted by molar-refractivity contribution is -0.173. The minimum atomic E-state index is -5.02. The summed E-state index contributed by atoms with van der Waals surface area (Å²) in [5.41, 5.74) is 1.95. The minimum absolute atomic E-state index is 0.0433. The molecule has 0 saturated carbocycles. The number of hydrogen-bond acceptors (Lipinski definition) is 3. The summed E-state index contributed by atoms with van der Waals surface area (Å²) in [4.78, 5) is 11.1. The molecule has 2 aromatic carbocycles. The van der Waals surface area contributed by atoms with Gasteiger partial charge in [0, 0.05) is 12.7 Å². The predicted molar refractivity (Wildman–Crippen MR) is 102 cm³/mol. The SMILES string of the molecule is Cc1ccc(S(=O)(=O)n2cc(CNC(=O)C(F)(F)F)cc2-c2ccccc2)cc1. The molecule has 0 radical (unpaired) electrons. The number of aryl methyl sites for hydroxylation is 1. The van der Waals surface area contributed by atoms with E-state index in [1.165, 1.54) is 24.4 Å². The van der Waals surface area contributed by atoms with Gasteiger partial charge in [0.25, 0.3) is 10.0 Å². The average Bonchev–Trinajstić information content (AvgIpc) is 3.11. The molecule has 0 aliphatic rings. The number of alkyl halides is 3. The second-order valence-corrected chi connectivity index (χ2v) is 8.21. The van der Waals surface area contributed by atoms with E-state index < -0.39 is 28.7 Å². The number of amides is 1. The molecule has 29 heavy (non-hydrogen) atoms. The average molecular weight is 422 g/mol. The predicted octanol–water partition coefficient (Wildman–Crippen LogP) is 3.88. The van der Waals surface area contributed by atoms with Crippen molar-refractivity contribution >= 4 is 15.9 Å². The van der Waals surface area contributed by atoms with E-state index >= 15 is 0 Å². The summed E-state index contributed by atoms with van der Waals surface area (Å²) >= 11 is 0. The normalized spacial score (nSPS) is 12.0.